The Morgan fingerprint density at radius 2 is 2.00 bits per heavy atom. The van der Waals surface area contributed by atoms with Crippen LogP contribution >= 0.6 is 0 Å². The van der Waals surface area contributed by atoms with Gasteiger partial charge in [-0.1, -0.05) is 27.2 Å². The average molecular weight is 310 g/mol. The fraction of sp³-hybridized carbons (Fsp3) is 0.944. The van der Waals surface area contributed by atoms with Crippen molar-refractivity contribution in [3.63, 3.8) is 0 Å². The molecule has 1 saturated carbocycles. The highest BCUT2D eigenvalue weighted by Gasteiger charge is 2.42. The van der Waals surface area contributed by atoms with Gasteiger partial charge in [0.2, 0.25) is 5.91 Å². The third-order valence-electron chi connectivity index (χ3n) is 6.22. The summed E-state index contributed by atoms with van der Waals surface area (Å²) in [6, 6.07) is 0.353. The van der Waals surface area contributed by atoms with E-state index in [2.05, 4.69) is 31.4 Å². The second-order valence-electron chi connectivity index (χ2n) is 8.00. The van der Waals surface area contributed by atoms with Crippen LogP contribution in [0.25, 0.3) is 0 Å². The fourth-order valence-corrected chi connectivity index (χ4v) is 4.05. The number of carbonyl (C=O) groups excluding carboxylic acids is 1. The van der Waals surface area contributed by atoms with Gasteiger partial charge in [-0.3, -0.25) is 4.79 Å². The molecule has 4 nitrogen and oxygen atoms in total. The van der Waals surface area contributed by atoms with Crippen molar-refractivity contribution in [2.24, 2.45) is 16.7 Å². The van der Waals surface area contributed by atoms with E-state index in [1.165, 1.54) is 19.3 Å². The molecule has 1 unspecified atom stereocenters. The summed E-state index contributed by atoms with van der Waals surface area (Å²) in [5.74, 6) is 0.990. The lowest BCUT2D eigenvalue weighted by Gasteiger charge is -2.39. The van der Waals surface area contributed by atoms with Crippen molar-refractivity contribution < 1.29 is 9.53 Å². The molecule has 2 fully saturated rings. The minimum atomic E-state index is -0.353. The minimum Gasteiger partial charge on any atom is -0.384 e. The summed E-state index contributed by atoms with van der Waals surface area (Å²) >= 11 is 0. The van der Waals surface area contributed by atoms with Gasteiger partial charge in [0.05, 0.1) is 12.0 Å². The molecule has 1 amide bonds. The Morgan fingerprint density at radius 3 is 2.50 bits per heavy atom. The number of ether oxygens (including phenoxy) is 1. The molecule has 128 valence electrons. The summed E-state index contributed by atoms with van der Waals surface area (Å²) in [6.07, 6.45) is 6.83. The van der Waals surface area contributed by atoms with Gasteiger partial charge in [0.15, 0.2) is 0 Å². The second kappa shape index (κ2) is 7.31. The monoisotopic (exact) mass is 310 g/mol. The predicted molar refractivity (Wildman–Crippen MR) is 89.8 cm³/mol. The lowest BCUT2D eigenvalue weighted by atomic mass is 9.69. The maximum atomic E-state index is 12.7. The molecular weight excluding hydrogens is 276 g/mol. The third kappa shape index (κ3) is 3.83. The molecule has 1 saturated heterocycles. The van der Waals surface area contributed by atoms with E-state index in [-0.39, 0.29) is 11.3 Å². The number of rotatable bonds is 6. The predicted octanol–water partition coefficient (Wildman–Crippen LogP) is 2.72. The summed E-state index contributed by atoms with van der Waals surface area (Å²) in [6.45, 7) is 9.22. The second-order valence-corrected chi connectivity index (χ2v) is 8.00. The van der Waals surface area contributed by atoms with Crippen LogP contribution in [-0.2, 0) is 9.53 Å². The van der Waals surface area contributed by atoms with Crippen molar-refractivity contribution in [2.45, 2.75) is 65.3 Å². The Labute approximate surface area is 135 Å². The smallest absolute Gasteiger partial charge is 0.230 e. The van der Waals surface area contributed by atoms with E-state index in [1.807, 2.05) is 0 Å². The number of carbonyl (C=O) groups is 1. The maximum Gasteiger partial charge on any atom is 0.230 e. The highest BCUT2D eigenvalue weighted by Crippen LogP contribution is 2.40. The zero-order valence-corrected chi connectivity index (χ0v) is 14.8. The zero-order chi connectivity index (χ0) is 16.2. The summed E-state index contributed by atoms with van der Waals surface area (Å²) in [5, 5.41) is 6.63. The largest absolute Gasteiger partial charge is 0.384 e. The quantitative estimate of drug-likeness (QED) is 0.793. The molecule has 1 heterocycles. The van der Waals surface area contributed by atoms with Gasteiger partial charge in [-0.15, -0.1) is 0 Å². The van der Waals surface area contributed by atoms with Gasteiger partial charge in [0.1, 0.15) is 0 Å². The first kappa shape index (κ1) is 17.7. The molecular formula is C18H34N2O2. The van der Waals surface area contributed by atoms with E-state index in [0.29, 0.717) is 18.1 Å². The molecule has 0 radical (unpaired) electrons. The molecule has 0 bridgehead atoms. The number of methoxy groups -OCH3 is 1. The number of nitrogens with one attached hydrogen (secondary N) is 2. The van der Waals surface area contributed by atoms with Crippen molar-refractivity contribution >= 4 is 5.91 Å². The number of hydrogen-bond donors (Lipinski definition) is 2. The number of hydrogen-bond acceptors (Lipinski definition) is 3. The standard InChI is InChI=1S/C18H34N2O2/c1-5-17(2,3)14-6-8-15(9-7-14)20-16(21)18(13-22-4)10-11-19-12-18/h14-15,19H,5-13H2,1-4H3,(H,20,21). The topological polar surface area (TPSA) is 50.4 Å². The van der Waals surface area contributed by atoms with E-state index >= 15 is 0 Å². The summed E-state index contributed by atoms with van der Waals surface area (Å²) in [5.41, 5.74) is 0.0793. The molecule has 0 aromatic carbocycles. The highest BCUT2D eigenvalue weighted by atomic mass is 16.5. The number of amides is 1. The van der Waals surface area contributed by atoms with Crippen LogP contribution < -0.4 is 10.6 Å². The first-order valence-corrected chi connectivity index (χ1v) is 8.94. The van der Waals surface area contributed by atoms with Crippen molar-refractivity contribution in [3.8, 4) is 0 Å². The minimum absolute atomic E-state index is 0.192. The van der Waals surface area contributed by atoms with E-state index in [1.54, 1.807) is 7.11 Å². The van der Waals surface area contributed by atoms with Crippen LogP contribution in [0.4, 0.5) is 0 Å². The van der Waals surface area contributed by atoms with Crippen LogP contribution in [0, 0.1) is 16.7 Å². The fourth-order valence-electron chi connectivity index (χ4n) is 4.05. The molecule has 0 aromatic rings. The molecule has 22 heavy (non-hydrogen) atoms. The van der Waals surface area contributed by atoms with E-state index < -0.39 is 0 Å². The van der Waals surface area contributed by atoms with Crippen LogP contribution in [0.5, 0.6) is 0 Å². The Bertz CT molecular complexity index is 367. The molecule has 1 atom stereocenters. The Balaban J connectivity index is 1.86. The highest BCUT2D eigenvalue weighted by molar-refractivity contribution is 5.83. The maximum absolute atomic E-state index is 12.7. The van der Waals surface area contributed by atoms with Crippen LogP contribution in [0.2, 0.25) is 0 Å². The molecule has 2 rings (SSSR count). The Kier molecular flexibility index (Phi) is 5.89. The van der Waals surface area contributed by atoms with Gasteiger partial charge in [0.25, 0.3) is 0 Å². The lowest BCUT2D eigenvalue weighted by Crippen LogP contribution is -2.50. The molecule has 1 aliphatic heterocycles. The Hall–Kier alpha value is -0.610. The molecule has 0 spiro atoms. The summed E-state index contributed by atoms with van der Waals surface area (Å²) in [7, 11) is 1.69. The molecule has 1 aliphatic carbocycles. The van der Waals surface area contributed by atoms with Crippen molar-refractivity contribution in [3.05, 3.63) is 0 Å². The lowest BCUT2D eigenvalue weighted by molar-refractivity contribution is -0.134. The van der Waals surface area contributed by atoms with Crippen molar-refractivity contribution in [1.29, 1.82) is 0 Å². The van der Waals surface area contributed by atoms with Gasteiger partial charge in [-0.2, -0.15) is 0 Å². The molecule has 2 N–H and O–H groups in total. The van der Waals surface area contributed by atoms with Crippen LogP contribution in [0.15, 0.2) is 0 Å². The summed E-state index contributed by atoms with van der Waals surface area (Å²) < 4.78 is 5.31. The molecule has 2 aliphatic rings. The van der Waals surface area contributed by atoms with E-state index in [0.717, 1.165) is 38.3 Å². The van der Waals surface area contributed by atoms with Gasteiger partial charge in [-0.05, 0) is 50.0 Å². The normalized spacial score (nSPS) is 32.9. The summed E-state index contributed by atoms with van der Waals surface area (Å²) in [4.78, 5) is 12.7. The van der Waals surface area contributed by atoms with E-state index in [9.17, 15) is 4.79 Å². The van der Waals surface area contributed by atoms with Gasteiger partial charge >= 0.3 is 0 Å². The van der Waals surface area contributed by atoms with Crippen LogP contribution in [-0.4, -0.2) is 38.8 Å². The first-order chi connectivity index (χ1) is 10.4. The zero-order valence-electron chi connectivity index (χ0n) is 14.8. The SMILES string of the molecule is CCC(C)(C)C1CCC(NC(=O)C2(COC)CCNC2)CC1. The van der Waals surface area contributed by atoms with Crippen LogP contribution in [0.3, 0.4) is 0 Å². The third-order valence-corrected chi connectivity index (χ3v) is 6.22. The van der Waals surface area contributed by atoms with Gasteiger partial charge in [0, 0.05) is 19.7 Å². The van der Waals surface area contributed by atoms with Crippen LogP contribution in [0.1, 0.15) is 59.3 Å². The average Bonchev–Trinajstić information content (AvgIpc) is 2.98. The van der Waals surface area contributed by atoms with E-state index in [4.69, 9.17) is 4.74 Å². The molecule has 4 heteroatoms. The van der Waals surface area contributed by atoms with Gasteiger partial charge in [-0.25, -0.2) is 0 Å². The van der Waals surface area contributed by atoms with Crippen molar-refractivity contribution in [1.82, 2.24) is 10.6 Å². The Morgan fingerprint density at radius 1 is 1.32 bits per heavy atom. The molecule has 0 aromatic heterocycles. The van der Waals surface area contributed by atoms with Gasteiger partial charge < -0.3 is 15.4 Å². The van der Waals surface area contributed by atoms with Crippen molar-refractivity contribution in [2.75, 3.05) is 26.8 Å². The first-order valence-electron chi connectivity index (χ1n) is 8.94.